The van der Waals surface area contributed by atoms with Crippen molar-refractivity contribution < 1.29 is 27.7 Å². The number of hydrogen-bond acceptors (Lipinski definition) is 7. The van der Waals surface area contributed by atoms with Crippen molar-refractivity contribution in [3.8, 4) is 0 Å². The molecule has 160 valence electrons. The summed E-state index contributed by atoms with van der Waals surface area (Å²) in [5.74, 6) is -0.839. The highest BCUT2D eigenvalue weighted by Gasteiger charge is 2.29. The van der Waals surface area contributed by atoms with E-state index in [0.717, 1.165) is 18.4 Å². The van der Waals surface area contributed by atoms with E-state index in [1.54, 1.807) is 23.2 Å². The summed E-state index contributed by atoms with van der Waals surface area (Å²) >= 11 is 0. The summed E-state index contributed by atoms with van der Waals surface area (Å²) in [5.41, 5.74) is -0.119. The number of likely N-dealkylation sites (tertiary alicyclic amines) is 1. The molecule has 2 heterocycles. The van der Waals surface area contributed by atoms with Gasteiger partial charge >= 0.3 is 5.97 Å². The van der Waals surface area contributed by atoms with Crippen molar-refractivity contribution in [1.29, 1.82) is 0 Å². The van der Waals surface area contributed by atoms with Crippen LogP contribution in [-0.2, 0) is 14.6 Å². The highest BCUT2D eigenvalue weighted by molar-refractivity contribution is 7.90. The van der Waals surface area contributed by atoms with Crippen LogP contribution >= 0.6 is 0 Å². The molecule has 1 aliphatic heterocycles. The number of esters is 1. The first-order valence-electron chi connectivity index (χ1n) is 9.16. The number of amides is 1. The average Bonchev–Trinajstić information content (AvgIpc) is 3.21. The number of piperidine rings is 1. The molecule has 1 amide bonds. The maximum Gasteiger partial charge on any atom is 0.354 e. The molecular weight excluding hydrogens is 414 g/mol. The van der Waals surface area contributed by atoms with Crippen LogP contribution in [0, 0.1) is 10.1 Å². The number of nitro benzene ring substituents is 1. The zero-order valence-corrected chi connectivity index (χ0v) is 17.3. The number of methoxy groups -OCH3 is 1. The number of ether oxygens (including phenoxy) is 1. The predicted octanol–water partition coefficient (Wildman–Crippen LogP) is 2.06. The van der Waals surface area contributed by atoms with Crippen molar-refractivity contribution in [1.82, 2.24) is 9.47 Å². The average molecular weight is 435 g/mol. The van der Waals surface area contributed by atoms with Crippen molar-refractivity contribution in [2.45, 2.75) is 23.8 Å². The molecule has 0 bridgehead atoms. The van der Waals surface area contributed by atoms with Crippen LogP contribution in [-0.4, -0.2) is 61.1 Å². The number of carbonyl (C=O) groups is 2. The maximum atomic E-state index is 12.8. The highest BCUT2D eigenvalue weighted by atomic mass is 32.2. The molecule has 0 atom stereocenters. The van der Waals surface area contributed by atoms with E-state index in [4.69, 9.17) is 4.74 Å². The van der Waals surface area contributed by atoms with Crippen LogP contribution in [0.1, 0.15) is 39.7 Å². The van der Waals surface area contributed by atoms with Crippen molar-refractivity contribution in [3.63, 3.8) is 0 Å². The Morgan fingerprint density at radius 3 is 2.43 bits per heavy atom. The SMILES string of the molecule is COC(=O)c1cccn1C1CCN(C(=O)c2ccc(S(C)(=O)=O)c([N+](=O)[O-])c2)CC1. The van der Waals surface area contributed by atoms with Gasteiger partial charge in [-0.2, -0.15) is 0 Å². The minimum absolute atomic E-state index is 0.0140. The lowest BCUT2D eigenvalue weighted by molar-refractivity contribution is -0.387. The largest absolute Gasteiger partial charge is 0.464 e. The van der Waals surface area contributed by atoms with Crippen LogP contribution in [0.15, 0.2) is 41.4 Å². The van der Waals surface area contributed by atoms with Crippen LogP contribution < -0.4 is 0 Å². The van der Waals surface area contributed by atoms with Gasteiger partial charge in [0.15, 0.2) is 9.84 Å². The Bertz CT molecular complexity index is 1100. The van der Waals surface area contributed by atoms with Crippen LogP contribution in [0.2, 0.25) is 0 Å². The number of carbonyl (C=O) groups excluding carboxylic acids is 2. The van der Waals surface area contributed by atoms with Gasteiger partial charge in [-0.25, -0.2) is 13.2 Å². The molecule has 0 aliphatic carbocycles. The van der Waals surface area contributed by atoms with Crippen molar-refractivity contribution in [3.05, 3.63) is 57.9 Å². The Morgan fingerprint density at radius 1 is 1.20 bits per heavy atom. The van der Waals surface area contributed by atoms with Crippen LogP contribution in [0.3, 0.4) is 0 Å². The third-order valence-electron chi connectivity index (χ3n) is 5.12. The molecule has 0 saturated carbocycles. The lowest BCUT2D eigenvalue weighted by Crippen LogP contribution is -2.39. The number of benzene rings is 1. The molecule has 10 nitrogen and oxygen atoms in total. The van der Waals surface area contributed by atoms with Gasteiger partial charge in [-0.3, -0.25) is 14.9 Å². The quantitative estimate of drug-likeness (QED) is 0.399. The van der Waals surface area contributed by atoms with E-state index < -0.39 is 37.2 Å². The van der Waals surface area contributed by atoms with Crippen LogP contribution in [0.25, 0.3) is 0 Å². The summed E-state index contributed by atoms with van der Waals surface area (Å²) in [6, 6.07) is 6.83. The zero-order chi connectivity index (χ0) is 22.1. The molecular formula is C19H21N3O7S. The molecule has 11 heteroatoms. The molecule has 1 aliphatic rings. The maximum absolute atomic E-state index is 12.8. The molecule has 0 N–H and O–H groups in total. The number of rotatable bonds is 5. The summed E-state index contributed by atoms with van der Waals surface area (Å²) in [6.07, 6.45) is 3.86. The molecule has 0 spiro atoms. The van der Waals surface area contributed by atoms with Gasteiger partial charge in [-0.15, -0.1) is 0 Å². The molecule has 1 aromatic carbocycles. The number of nitro groups is 1. The Balaban J connectivity index is 1.76. The standard InChI is InChI=1S/C19H21N3O7S/c1-29-19(24)15-4-3-9-21(15)14-7-10-20(11-8-14)18(23)13-5-6-17(30(2,27)28)16(12-13)22(25)26/h3-6,9,12,14H,7-8,10-11H2,1-2H3. The zero-order valence-electron chi connectivity index (χ0n) is 16.5. The molecule has 2 aromatic rings. The Hall–Kier alpha value is -3.21. The van der Waals surface area contributed by atoms with E-state index >= 15 is 0 Å². The van der Waals surface area contributed by atoms with Gasteiger partial charge in [0.1, 0.15) is 10.6 Å². The highest BCUT2D eigenvalue weighted by Crippen LogP contribution is 2.28. The second-order valence-electron chi connectivity index (χ2n) is 7.03. The van der Waals surface area contributed by atoms with Crippen LogP contribution in [0.4, 0.5) is 5.69 Å². The summed E-state index contributed by atoms with van der Waals surface area (Å²) in [7, 11) is -2.48. The van der Waals surface area contributed by atoms with E-state index in [9.17, 15) is 28.1 Å². The second-order valence-corrected chi connectivity index (χ2v) is 9.01. The van der Waals surface area contributed by atoms with Crippen molar-refractivity contribution >= 4 is 27.4 Å². The van der Waals surface area contributed by atoms with E-state index in [-0.39, 0.29) is 11.6 Å². The fraction of sp³-hybridized carbons (Fsp3) is 0.368. The lowest BCUT2D eigenvalue weighted by Gasteiger charge is -2.33. The topological polar surface area (TPSA) is 129 Å². The normalized spacial score (nSPS) is 15.1. The van der Waals surface area contributed by atoms with Gasteiger partial charge in [-0.1, -0.05) is 0 Å². The molecule has 3 rings (SSSR count). The first-order valence-corrected chi connectivity index (χ1v) is 11.1. The third-order valence-corrected chi connectivity index (χ3v) is 6.26. The van der Waals surface area contributed by atoms with E-state index in [1.165, 1.54) is 13.2 Å². The minimum Gasteiger partial charge on any atom is -0.464 e. The summed E-state index contributed by atoms with van der Waals surface area (Å²) in [5, 5.41) is 11.3. The Labute approximate surface area is 173 Å². The first-order chi connectivity index (χ1) is 14.1. The minimum atomic E-state index is -3.80. The molecule has 1 aromatic heterocycles. The third kappa shape index (κ3) is 4.20. The van der Waals surface area contributed by atoms with E-state index in [1.807, 2.05) is 4.57 Å². The Kier molecular flexibility index (Phi) is 5.92. The second kappa shape index (κ2) is 8.27. The van der Waals surface area contributed by atoms with Gasteiger partial charge in [0.2, 0.25) is 0 Å². The predicted molar refractivity (Wildman–Crippen MR) is 106 cm³/mol. The molecule has 0 radical (unpaired) electrons. The number of aromatic nitrogens is 1. The number of hydrogen-bond donors (Lipinski definition) is 0. The fourth-order valence-electron chi connectivity index (χ4n) is 3.63. The summed E-state index contributed by atoms with van der Waals surface area (Å²) in [6.45, 7) is 0.786. The monoisotopic (exact) mass is 435 g/mol. The number of sulfone groups is 1. The molecule has 1 fully saturated rings. The summed E-state index contributed by atoms with van der Waals surface area (Å²) in [4.78, 5) is 36.3. The van der Waals surface area contributed by atoms with Crippen molar-refractivity contribution in [2.75, 3.05) is 26.5 Å². The first kappa shape index (κ1) is 21.5. The van der Waals surface area contributed by atoms with Gasteiger partial charge in [0.05, 0.1) is 12.0 Å². The van der Waals surface area contributed by atoms with Gasteiger partial charge in [0.25, 0.3) is 11.6 Å². The van der Waals surface area contributed by atoms with E-state index in [0.29, 0.717) is 31.6 Å². The molecule has 1 saturated heterocycles. The number of nitrogens with zero attached hydrogens (tertiary/aromatic N) is 3. The molecule has 0 unspecified atom stereocenters. The van der Waals surface area contributed by atoms with E-state index in [2.05, 4.69) is 0 Å². The summed E-state index contributed by atoms with van der Waals surface area (Å²) < 4.78 is 30.1. The lowest BCUT2D eigenvalue weighted by atomic mass is 10.0. The van der Waals surface area contributed by atoms with Gasteiger partial charge < -0.3 is 14.2 Å². The Morgan fingerprint density at radius 2 is 1.87 bits per heavy atom. The van der Waals surface area contributed by atoms with Crippen LogP contribution in [0.5, 0.6) is 0 Å². The molecule has 30 heavy (non-hydrogen) atoms. The van der Waals surface area contributed by atoms with Gasteiger partial charge in [0, 0.05) is 43.2 Å². The fourth-order valence-corrected chi connectivity index (χ4v) is 4.45. The smallest absolute Gasteiger partial charge is 0.354 e. The van der Waals surface area contributed by atoms with Crippen molar-refractivity contribution in [2.24, 2.45) is 0 Å². The van der Waals surface area contributed by atoms with Gasteiger partial charge in [-0.05, 0) is 37.1 Å².